The monoisotopic (exact) mass is 340 g/mol. The number of nitrogens with one attached hydrogen (secondary N) is 1. The summed E-state index contributed by atoms with van der Waals surface area (Å²) < 4.78 is 5.66. The highest BCUT2D eigenvalue weighted by Crippen LogP contribution is 2.28. The Morgan fingerprint density at radius 2 is 2.32 bits per heavy atom. The van der Waals surface area contributed by atoms with Crippen molar-refractivity contribution in [3.05, 3.63) is 39.3 Å². The standard InChI is InChI=1S/C13H13BrN2O2S/c1-8-10(14)4-3-5-11(8)16-13-15-9(7-19-13)6-12(17)18-2/h3-5,7H,6H2,1-2H3,(H,15,16). The number of anilines is 2. The number of esters is 1. The fourth-order valence-electron chi connectivity index (χ4n) is 1.52. The zero-order chi connectivity index (χ0) is 13.8. The molecule has 0 saturated heterocycles. The first-order valence-electron chi connectivity index (χ1n) is 5.63. The fraction of sp³-hybridized carbons (Fsp3) is 0.231. The molecule has 2 rings (SSSR count). The predicted molar refractivity (Wildman–Crippen MR) is 80.0 cm³/mol. The lowest BCUT2D eigenvalue weighted by atomic mass is 10.2. The highest BCUT2D eigenvalue weighted by Gasteiger charge is 2.09. The van der Waals surface area contributed by atoms with Gasteiger partial charge in [-0.15, -0.1) is 11.3 Å². The van der Waals surface area contributed by atoms with E-state index >= 15 is 0 Å². The molecular weight excluding hydrogens is 328 g/mol. The summed E-state index contributed by atoms with van der Waals surface area (Å²) in [6.45, 7) is 2.02. The Hall–Kier alpha value is -1.40. The average Bonchev–Trinajstić information content (AvgIpc) is 2.82. The van der Waals surface area contributed by atoms with Crippen LogP contribution in [0.25, 0.3) is 0 Å². The molecule has 0 amide bonds. The minimum Gasteiger partial charge on any atom is -0.469 e. The molecule has 0 fully saturated rings. The molecule has 1 N–H and O–H groups in total. The Bertz CT molecular complexity index is 598. The Kier molecular flexibility index (Phi) is 4.55. The summed E-state index contributed by atoms with van der Waals surface area (Å²) in [6.07, 6.45) is 0.201. The lowest BCUT2D eigenvalue weighted by Gasteiger charge is -2.07. The molecule has 0 bridgehead atoms. The van der Waals surface area contributed by atoms with Crippen molar-refractivity contribution < 1.29 is 9.53 Å². The summed E-state index contributed by atoms with van der Waals surface area (Å²) in [4.78, 5) is 15.5. The maximum atomic E-state index is 11.2. The molecular formula is C13H13BrN2O2S. The van der Waals surface area contributed by atoms with E-state index in [0.717, 1.165) is 20.9 Å². The Morgan fingerprint density at radius 3 is 3.05 bits per heavy atom. The van der Waals surface area contributed by atoms with Gasteiger partial charge in [-0.3, -0.25) is 4.79 Å². The SMILES string of the molecule is COC(=O)Cc1csc(Nc2cccc(Br)c2C)n1. The number of methoxy groups -OCH3 is 1. The van der Waals surface area contributed by atoms with E-state index in [1.54, 1.807) is 0 Å². The van der Waals surface area contributed by atoms with E-state index in [2.05, 4.69) is 31.0 Å². The summed E-state index contributed by atoms with van der Waals surface area (Å²) in [5, 5.41) is 5.87. The number of carbonyl (C=O) groups is 1. The fourth-order valence-corrected chi connectivity index (χ4v) is 2.61. The van der Waals surface area contributed by atoms with Crippen LogP contribution >= 0.6 is 27.3 Å². The van der Waals surface area contributed by atoms with E-state index in [4.69, 9.17) is 0 Å². The minimum absolute atomic E-state index is 0.201. The number of thiazole rings is 1. The third kappa shape index (κ3) is 3.54. The van der Waals surface area contributed by atoms with Crippen molar-refractivity contribution in [2.24, 2.45) is 0 Å². The van der Waals surface area contributed by atoms with Crippen LogP contribution in [0, 0.1) is 6.92 Å². The minimum atomic E-state index is -0.282. The molecule has 0 unspecified atom stereocenters. The summed E-state index contributed by atoms with van der Waals surface area (Å²) in [5.74, 6) is -0.282. The zero-order valence-corrected chi connectivity index (χ0v) is 13.0. The number of nitrogens with zero attached hydrogens (tertiary/aromatic N) is 1. The molecule has 0 atom stereocenters. The van der Waals surface area contributed by atoms with Crippen molar-refractivity contribution in [2.45, 2.75) is 13.3 Å². The molecule has 6 heteroatoms. The van der Waals surface area contributed by atoms with Crippen LogP contribution in [0.15, 0.2) is 28.1 Å². The third-order valence-electron chi connectivity index (χ3n) is 2.61. The maximum absolute atomic E-state index is 11.2. The highest BCUT2D eigenvalue weighted by atomic mass is 79.9. The van der Waals surface area contributed by atoms with E-state index in [0.29, 0.717) is 5.69 Å². The molecule has 0 aliphatic rings. The van der Waals surface area contributed by atoms with Crippen LogP contribution in [0.2, 0.25) is 0 Å². The first-order chi connectivity index (χ1) is 9.10. The van der Waals surface area contributed by atoms with Gasteiger partial charge in [-0.25, -0.2) is 4.98 Å². The number of halogens is 1. The van der Waals surface area contributed by atoms with Crippen molar-refractivity contribution in [3.8, 4) is 0 Å². The topological polar surface area (TPSA) is 51.2 Å². The van der Waals surface area contributed by atoms with Gasteiger partial charge in [0.15, 0.2) is 5.13 Å². The van der Waals surface area contributed by atoms with Crippen LogP contribution in [0.5, 0.6) is 0 Å². The van der Waals surface area contributed by atoms with E-state index in [-0.39, 0.29) is 12.4 Å². The predicted octanol–water partition coefficient (Wildman–Crippen LogP) is 3.67. The van der Waals surface area contributed by atoms with Gasteiger partial charge >= 0.3 is 5.97 Å². The first kappa shape index (κ1) is 14.0. The second-order valence-corrected chi connectivity index (χ2v) is 5.65. The molecule has 1 aromatic heterocycles. The molecule has 4 nitrogen and oxygen atoms in total. The van der Waals surface area contributed by atoms with Crippen LogP contribution in [0.4, 0.5) is 10.8 Å². The van der Waals surface area contributed by atoms with Gasteiger partial charge < -0.3 is 10.1 Å². The number of hydrogen-bond acceptors (Lipinski definition) is 5. The van der Waals surface area contributed by atoms with Crippen LogP contribution < -0.4 is 5.32 Å². The molecule has 0 saturated carbocycles. The smallest absolute Gasteiger partial charge is 0.311 e. The van der Waals surface area contributed by atoms with Gasteiger partial charge in [0.25, 0.3) is 0 Å². The van der Waals surface area contributed by atoms with Crippen LogP contribution in [0.1, 0.15) is 11.3 Å². The van der Waals surface area contributed by atoms with Crippen LogP contribution in [-0.2, 0) is 16.0 Å². The molecule has 0 spiro atoms. The van der Waals surface area contributed by atoms with E-state index in [9.17, 15) is 4.79 Å². The number of hydrogen-bond donors (Lipinski definition) is 1. The van der Waals surface area contributed by atoms with Crippen LogP contribution in [0.3, 0.4) is 0 Å². The quantitative estimate of drug-likeness (QED) is 0.862. The van der Waals surface area contributed by atoms with Gasteiger partial charge in [0.05, 0.1) is 19.2 Å². The average molecular weight is 341 g/mol. The molecule has 1 aromatic carbocycles. The van der Waals surface area contributed by atoms with Gasteiger partial charge in [-0.05, 0) is 24.6 Å². The highest BCUT2D eigenvalue weighted by molar-refractivity contribution is 9.10. The normalized spacial score (nSPS) is 10.3. The Labute approximate surface area is 124 Å². The van der Waals surface area contributed by atoms with Gasteiger partial charge in [0.1, 0.15) is 0 Å². The van der Waals surface area contributed by atoms with E-state index in [1.165, 1.54) is 18.4 Å². The molecule has 19 heavy (non-hydrogen) atoms. The van der Waals surface area contributed by atoms with Crippen molar-refractivity contribution >= 4 is 44.1 Å². The molecule has 0 radical (unpaired) electrons. The second kappa shape index (κ2) is 6.16. The van der Waals surface area contributed by atoms with Gasteiger partial charge in [-0.2, -0.15) is 0 Å². The van der Waals surface area contributed by atoms with Gasteiger partial charge in [0.2, 0.25) is 0 Å². The van der Waals surface area contributed by atoms with Crippen molar-refractivity contribution in [3.63, 3.8) is 0 Å². The maximum Gasteiger partial charge on any atom is 0.311 e. The number of benzene rings is 1. The Balaban J connectivity index is 2.11. The number of carbonyl (C=O) groups excluding carboxylic acids is 1. The second-order valence-electron chi connectivity index (χ2n) is 3.93. The summed E-state index contributed by atoms with van der Waals surface area (Å²) in [7, 11) is 1.37. The van der Waals surface area contributed by atoms with E-state index in [1.807, 2.05) is 30.5 Å². The molecule has 0 aliphatic carbocycles. The third-order valence-corrected chi connectivity index (χ3v) is 4.28. The van der Waals surface area contributed by atoms with Gasteiger partial charge in [0, 0.05) is 15.5 Å². The van der Waals surface area contributed by atoms with E-state index < -0.39 is 0 Å². The zero-order valence-electron chi connectivity index (χ0n) is 10.6. The molecule has 1 heterocycles. The van der Waals surface area contributed by atoms with Crippen molar-refractivity contribution in [1.82, 2.24) is 4.98 Å². The van der Waals surface area contributed by atoms with Crippen molar-refractivity contribution in [2.75, 3.05) is 12.4 Å². The molecule has 0 aliphatic heterocycles. The summed E-state index contributed by atoms with van der Waals surface area (Å²) >= 11 is 4.95. The number of ether oxygens (including phenoxy) is 1. The van der Waals surface area contributed by atoms with Gasteiger partial charge in [-0.1, -0.05) is 22.0 Å². The Morgan fingerprint density at radius 1 is 1.53 bits per heavy atom. The van der Waals surface area contributed by atoms with Crippen LogP contribution in [-0.4, -0.2) is 18.1 Å². The number of aromatic nitrogens is 1. The summed E-state index contributed by atoms with van der Waals surface area (Å²) in [6, 6.07) is 5.94. The molecule has 100 valence electrons. The molecule has 2 aromatic rings. The first-order valence-corrected chi connectivity index (χ1v) is 7.30. The summed E-state index contributed by atoms with van der Waals surface area (Å²) in [5.41, 5.74) is 2.83. The van der Waals surface area contributed by atoms with Crippen molar-refractivity contribution in [1.29, 1.82) is 0 Å². The lowest BCUT2D eigenvalue weighted by molar-refractivity contribution is -0.139. The number of rotatable bonds is 4. The largest absolute Gasteiger partial charge is 0.469 e. The lowest BCUT2D eigenvalue weighted by Crippen LogP contribution is -2.04.